The standard InChI is InChI=1S/C13H25N3O2S/c1-2-18-11-5-7-14-13(19)15-8-6-12(17)16-9-3-4-10-16/h2-11H2,1H3,(H2,14,15,19). The molecule has 0 atom stereocenters. The van der Waals surface area contributed by atoms with Crippen LogP contribution in [0.3, 0.4) is 0 Å². The molecule has 0 aliphatic carbocycles. The highest BCUT2D eigenvalue weighted by atomic mass is 32.1. The summed E-state index contributed by atoms with van der Waals surface area (Å²) in [6, 6.07) is 0. The van der Waals surface area contributed by atoms with Crippen molar-refractivity contribution in [1.82, 2.24) is 15.5 Å². The molecule has 6 heteroatoms. The summed E-state index contributed by atoms with van der Waals surface area (Å²) in [5, 5.41) is 6.78. The van der Waals surface area contributed by atoms with Crippen LogP contribution in [0.4, 0.5) is 0 Å². The molecule has 0 aromatic carbocycles. The van der Waals surface area contributed by atoms with Crippen LogP contribution in [0.25, 0.3) is 0 Å². The molecule has 1 aliphatic heterocycles. The third-order valence-electron chi connectivity index (χ3n) is 3.04. The molecule has 0 unspecified atom stereocenters. The Hall–Kier alpha value is -0.880. The fraction of sp³-hybridized carbons (Fsp3) is 0.846. The number of thiocarbonyl (C=S) groups is 1. The van der Waals surface area contributed by atoms with Gasteiger partial charge in [0.15, 0.2) is 5.11 Å². The summed E-state index contributed by atoms with van der Waals surface area (Å²) in [5.41, 5.74) is 0. The average Bonchev–Trinajstić information content (AvgIpc) is 2.92. The quantitative estimate of drug-likeness (QED) is 0.513. The van der Waals surface area contributed by atoms with E-state index in [0.717, 1.165) is 52.1 Å². The van der Waals surface area contributed by atoms with Gasteiger partial charge in [-0.15, -0.1) is 0 Å². The van der Waals surface area contributed by atoms with Crippen molar-refractivity contribution in [2.45, 2.75) is 32.6 Å². The summed E-state index contributed by atoms with van der Waals surface area (Å²) in [6.45, 7) is 6.72. The summed E-state index contributed by atoms with van der Waals surface area (Å²) < 4.78 is 5.23. The molecule has 5 nitrogen and oxygen atoms in total. The average molecular weight is 287 g/mol. The van der Waals surface area contributed by atoms with Crippen molar-refractivity contribution in [2.24, 2.45) is 0 Å². The topological polar surface area (TPSA) is 53.6 Å². The van der Waals surface area contributed by atoms with Crippen molar-refractivity contribution in [3.05, 3.63) is 0 Å². The van der Waals surface area contributed by atoms with Crippen molar-refractivity contribution in [3.63, 3.8) is 0 Å². The number of rotatable bonds is 8. The minimum absolute atomic E-state index is 0.226. The summed E-state index contributed by atoms with van der Waals surface area (Å²) in [4.78, 5) is 13.7. The van der Waals surface area contributed by atoms with E-state index in [2.05, 4.69) is 10.6 Å². The summed E-state index contributed by atoms with van der Waals surface area (Å²) in [6.07, 6.45) is 3.72. The fourth-order valence-corrected chi connectivity index (χ4v) is 2.19. The predicted octanol–water partition coefficient (Wildman–Crippen LogP) is 0.890. The number of carbonyl (C=O) groups excluding carboxylic acids is 1. The van der Waals surface area contributed by atoms with E-state index in [1.807, 2.05) is 11.8 Å². The largest absolute Gasteiger partial charge is 0.382 e. The van der Waals surface area contributed by atoms with Gasteiger partial charge in [0, 0.05) is 45.8 Å². The van der Waals surface area contributed by atoms with Crippen LogP contribution in [0.5, 0.6) is 0 Å². The lowest BCUT2D eigenvalue weighted by molar-refractivity contribution is -0.129. The monoisotopic (exact) mass is 287 g/mol. The van der Waals surface area contributed by atoms with Gasteiger partial charge in [0.05, 0.1) is 0 Å². The number of ether oxygens (including phenoxy) is 1. The van der Waals surface area contributed by atoms with E-state index in [0.29, 0.717) is 18.1 Å². The van der Waals surface area contributed by atoms with E-state index in [4.69, 9.17) is 17.0 Å². The molecular weight excluding hydrogens is 262 g/mol. The van der Waals surface area contributed by atoms with Crippen LogP contribution in [0, 0.1) is 0 Å². The van der Waals surface area contributed by atoms with E-state index in [1.165, 1.54) is 0 Å². The van der Waals surface area contributed by atoms with Gasteiger partial charge in [0.25, 0.3) is 0 Å². The first-order valence-corrected chi connectivity index (χ1v) is 7.52. The maximum atomic E-state index is 11.8. The van der Waals surface area contributed by atoms with Gasteiger partial charge < -0.3 is 20.3 Å². The highest BCUT2D eigenvalue weighted by Crippen LogP contribution is 2.08. The minimum Gasteiger partial charge on any atom is -0.382 e. The third-order valence-corrected chi connectivity index (χ3v) is 3.33. The van der Waals surface area contributed by atoms with Crippen LogP contribution in [0.15, 0.2) is 0 Å². The smallest absolute Gasteiger partial charge is 0.224 e. The summed E-state index contributed by atoms with van der Waals surface area (Å²) in [5.74, 6) is 0.226. The first-order chi connectivity index (χ1) is 9.24. The van der Waals surface area contributed by atoms with Gasteiger partial charge in [-0.3, -0.25) is 4.79 Å². The van der Waals surface area contributed by atoms with Gasteiger partial charge in [-0.1, -0.05) is 0 Å². The first-order valence-electron chi connectivity index (χ1n) is 7.11. The second-order valence-corrected chi connectivity index (χ2v) is 4.98. The SMILES string of the molecule is CCOCCCNC(=S)NCCC(=O)N1CCCC1. The van der Waals surface area contributed by atoms with Gasteiger partial charge >= 0.3 is 0 Å². The molecule has 1 aliphatic rings. The van der Waals surface area contributed by atoms with Gasteiger partial charge in [-0.05, 0) is 38.4 Å². The lowest BCUT2D eigenvalue weighted by atomic mass is 10.3. The molecule has 0 aromatic rings. The van der Waals surface area contributed by atoms with E-state index in [-0.39, 0.29) is 5.91 Å². The second kappa shape index (κ2) is 9.97. The Balaban J connectivity index is 1.96. The lowest BCUT2D eigenvalue weighted by Crippen LogP contribution is -2.38. The van der Waals surface area contributed by atoms with Crippen LogP contribution in [-0.4, -0.2) is 55.3 Å². The Morgan fingerprint density at radius 2 is 1.95 bits per heavy atom. The molecule has 0 bridgehead atoms. The third kappa shape index (κ3) is 7.32. The van der Waals surface area contributed by atoms with E-state index in [1.54, 1.807) is 0 Å². The fourth-order valence-electron chi connectivity index (χ4n) is 1.99. The zero-order valence-electron chi connectivity index (χ0n) is 11.7. The number of carbonyl (C=O) groups is 1. The molecule has 110 valence electrons. The number of nitrogens with zero attached hydrogens (tertiary/aromatic N) is 1. The molecule has 19 heavy (non-hydrogen) atoms. The number of amides is 1. The Labute approximate surface area is 121 Å². The maximum Gasteiger partial charge on any atom is 0.224 e. The Morgan fingerprint density at radius 3 is 2.63 bits per heavy atom. The van der Waals surface area contributed by atoms with Crippen LogP contribution in [0.2, 0.25) is 0 Å². The zero-order chi connectivity index (χ0) is 13.9. The van der Waals surface area contributed by atoms with Gasteiger partial charge in [0.2, 0.25) is 5.91 Å². The molecule has 0 spiro atoms. The van der Waals surface area contributed by atoms with Crippen LogP contribution >= 0.6 is 12.2 Å². The molecule has 2 N–H and O–H groups in total. The lowest BCUT2D eigenvalue weighted by Gasteiger charge is -2.16. The normalized spacial score (nSPS) is 14.5. The predicted molar refractivity (Wildman–Crippen MR) is 80.1 cm³/mol. The molecule has 1 heterocycles. The van der Waals surface area contributed by atoms with Crippen LogP contribution in [0.1, 0.15) is 32.6 Å². The van der Waals surface area contributed by atoms with Crippen molar-refractivity contribution in [3.8, 4) is 0 Å². The molecule has 0 saturated carbocycles. The van der Waals surface area contributed by atoms with Crippen molar-refractivity contribution < 1.29 is 9.53 Å². The van der Waals surface area contributed by atoms with Crippen LogP contribution in [-0.2, 0) is 9.53 Å². The second-order valence-electron chi connectivity index (χ2n) is 4.57. The molecule has 0 aromatic heterocycles. The van der Waals surface area contributed by atoms with Crippen LogP contribution < -0.4 is 10.6 Å². The minimum atomic E-state index is 0.226. The number of likely N-dealkylation sites (tertiary alicyclic amines) is 1. The van der Waals surface area contributed by atoms with Gasteiger partial charge in [0.1, 0.15) is 0 Å². The highest BCUT2D eigenvalue weighted by molar-refractivity contribution is 7.80. The number of hydrogen-bond donors (Lipinski definition) is 2. The van der Waals surface area contributed by atoms with E-state index < -0.39 is 0 Å². The molecule has 1 amide bonds. The Bertz CT molecular complexity index is 281. The van der Waals surface area contributed by atoms with E-state index in [9.17, 15) is 4.79 Å². The maximum absolute atomic E-state index is 11.8. The van der Waals surface area contributed by atoms with Gasteiger partial charge in [-0.25, -0.2) is 0 Å². The van der Waals surface area contributed by atoms with E-state index >= 15 is 0 Å². The van der Waals surface area contributed by atoms with Gasteiger partial charge in [-0.2, -0.15) is 0 Å². The molecule has 1 fully saturated rings. The highest BCUT2D eigenvalue weighted by Gasteiger charge is 2.16. The molecule has 0 radical (unpaired) electrons. The summed E-state index contributed by atoms with van der Waals surface area (Å²) >= 11 is 5.13. The van der Waals surface area contributed by atoms with Crippen molar-refractivity contribution >= 4 is 23.2 Å². The number of nitrogens with one attached hydrogen (secondary N) is 2. The molecule has 1 saturated heterocycles. The zero-order valence-corrected chi connectivity index (χ0v) is 12.6. The number of hydrogen-bond acceptors (Lipinski definition) is 3. The molecule has 1 rings (SSSR count). The van der Waals surface area contributed by atoms with Crippen molar-refractivity contribution in [1.29, 1.82) is 0 Å². The molecular formula is C13H25N3O2S. The van der Waals surface area contributed by atoms with Crippen molar-refractivity contribution in [2.75, 3.05) is 39.4 Å². The Kier molecular flexibility index (Phi) is 8.49. The summed E-state index contributed by atoms with van der Waals surface area (Å²) in [7, 11) is 0. The Morgan fingerprint density at radius 1 is 1.26 bits per heavy atom. The first kappa shape index (κ1) is 16.2.